The van der Waals surface area contributed by atoms with E-state index in [4.69, 9.17) is 14.2 Å². The SMILES string of the molecule is CCOc1cc(C(=O)OCC(=O)NCc2ccccc2C)ccc1OC. The lowest BCUT2D eigenvalue weighted by Crippen LogP contribution is -2.28. The van der Waals surface area contributed by atoms with Crippen molar-refractivity contribution in [2.45, 2.75) is 20.4 Å². The van der Waals surface area contributed by atoms with Gasteiger partial charge in [0.05, 0.1) is 19.3 Å². The van der Waals surface area contributed by atoms with Crippen LogP contribution in [-0.2, 0) is 16.1 Å². The van der Waals surface area contributed by atoms with Crippen LogP contribution in [0, 0.1) is 6.92 Å². The van der Waals surface area contributed by atoms with Crippen molar-refractivity contribution in [3.63, 3.8) is 0 Å². The number of hydrogen-bond acceptors (Lipinski definition) is 5. The molecule has 1 amide bonds. The quantitative estimate of drug-likeness (QED) is 0.736. The number of esters is 1. The Morgan fingerprint density at radius 1 is 1.08 bits per heavy atom. The van der Waals surface area contributed by atoms with Crippen LogP contribution in [0.15, 0.2) is 42.5 Å². The molecule has 26 heavy (non-hydrogen) atoms. The van der Waals surface area contributed by atoms with E-state index in [0.29, 0.717) is 30.2 Å². The summed E-state index contributed by atoms with van der Waals surface area (Å²) >= 11 is 0. The molecule has 0 aliphatic heterocycles. The van der Waals surface area contributed by atoms with Crippen LogP contribution in [-0.4, -0.2) is 32.2 Å². The van der Waals surface area contributed by atoms with Crippen molar-refractivity contribution in [1.82, 2.24) is 5.32 Å². The summed E-state index contributed by atoms with van der Waals surface area (Å²) in [5.41, 5.74) is 2.40. The molecular formula is C20H23NO5. The van der Waals surface area contributed by atoms with Crippen molar-refractivity contribution in [1.29, 1.82) is 0 Å². The van der Waals surface area contributed by atoms with E-state index in [9.17, 15) is 9.59 Å². The van der Waals surface area contributed by atoms with Gasteiger partial charge in [-0.25, -0.2) is 4.79 Å². The monoisotopic (exact) mass is 357 g/mol. The normalized spacial score (nSPS) is 10.1. The highest BCUT2D eigenvalue weighted by Gasteiger charge is 2.14. The lowest BCUT2D eigenvalue weighted by Gasteiger charge is -2.11. The van der Waals surface area contributed by atoms with Crippen molar-refractivity contribution in [2.75, 3.05) is 20.3 Å². The number of methoxy groups -OCH3 is 1. The van der Waals surface area contributed by atoms with Gasteiger partial charge in [0.1, 0.15) is 0 Å². The smallest absolute Gasteiger partial charge is 0.338 e. The fraction of sp³-hybridized carbons (Fsp3) is 0.300. The van der Waals surface area contributed by atoms with Gasteiger partial charge in [-0.1, -0.05) is 24.3 Å². The second-order valence-corrected chi connectivity index (χ2v) is 5.58. The maximum atomic E-state index is 12.1. The number of aryl methyl sites for hydroxylation is 1. The number of rotatable bonds is 8. The van der Waals surface area contributed by atoms with Crippen LogP contribution >= 0.6 is 0 Å². The molecule has 2 aromatic rings. The van der Waals surface area contributed by atoms with Crippen LogP contribution in [0.25, 0.3) is 0 Å². The van der Waals surface area contributed by atoms with Gasteiger partial charge in [0, 0.05) is 6.54 Å². The summed E-state index contributed by atoms with van der Waals surface area (Å²) in [6, 6.07) is 12.5. The molecule has 0 radical (unpaired) electrons. The van der Waals surface area contributed by atoms with E-state index in [1.165, 1.54) is 13.2 Å². The molecule has 6 heteroatoms. The van der Waals surface area contributed by atoms with E-state index < -0.39 is 5.97 Å². The summed E-state index contributed by atoms with van der Waals surface area (Å²) in [5.74, 6) is 0.0209. The van der Waals surface area contributed by atoms with Gasteiger partial charge in [0.2, 0.25) is 0 Å². The summed E-state index contributed by atoms with van der Waals surface area (Å²) < 4.78 is 15.7. The highest BCUT2D eigenvalue weighted by Crippen LogP contribution is 2.28. The van der Waals surface area contributed by atoms with Crippen LogP contribution in [0.2, 0.25) is 0 Å². The predicted molar refractivity (Wildman–Crippen MR) is 97.5 cm³/mol. The summed E-state index contributed by atoms with van der Waals surface area (Å²) in [6.45, 7) is 4.29. The van der Waals surface area contributed by atoms with Crippen molar-refractivity contribution in [3.8, 4) is 11.5 Å². The topological polar surface area (TPSA) is 73.9 Å². The molecule has 0 aliphatic rings. The number of amides is 1. The van der Waals surface area contributed by atoms with Gasteiger partial charge in [0.25, 0.3) is 5.91 Å². The third kappa shape index (κ3) is 5.24. The van der Waals surface area contributed by atoms with Crippen molar-refractivity contribution in [2.24, 2.45) is 0 Å². The lowest BCUT2D eigenvalue weighted by molar-refractivity contribution is -0.124. The molecule has 1 N–H and O–H groups in total. The van der Waals surface area contributed by atoms with E-state index in [1.54, 1.807) is 12.1 Å². The van der Waals surface area contributed by atoms with Gasteiger partial charge in [0.15, 0.2) is 18.1 Å². The Morgan fingerprint density at radius 2 is 1.85 bits per heavy atom. The summed E-state index contributed by atoms with van der Waals surface area (Å²) in [7, 11) is 1.52. The van der Waals surface area contributed by atoms with E-state index in [1.807, 2.05) is 38.1 Å². The fourth-order valence-electron chi connectivity index (χ4n) is 2.34. The summed E-state index contributed by atoms with van der Waals surface area (Å²) in [5, 5.41) is 2.74. The van der Waals surface area contributed by atoms with Gasteiger partial charge in [-0.3, -0.25) is 4.79 Å². The number of carbonyl (C=O) groups excluding carboxylic acids is 2. The fourth-order valence-corrected chi connectivity index (χ4v) is 2.34. The molecule has 2 aromatic carbocycles. The minimum absolute atomic E-state index is 0.293. The molecule has 0 spiro atoms. The van der Waals surface area contributed by atoms with E-state index in [0.717, 1.165) is 11.1 Å². The highest BCUT2D eigenvalue weighted by atomic mass is 16.5. The number of nitrogens with one attached hydrogen (secondary N) is 1. The third-order valence-electron chi connectivity index (χ3n) is 3.77. The molecule has 0 aliphatic carbocycles. The Hall–Kier alpha value is -3.02. The first kappa shape index (κ1) is 19.3. The van der Waals surface area contributed by atoms with Gasteiger partial charge in [-0.15, -0.1) is 0 Å². The molecule has 0 saturated heterocycles. The maximum absolute atomic E-state index is 12.1. The molecule has 0 bridgehead atoms. The van der Waals surface area contributed by atoms with Crippen LogP contribution < -0.4 is 14.8 Å². The minimum Gasteiger partial charge on any atom is -0.493 e. The maximum Gasteiger partial charge on any atom is 0.338 e. The number of carbonyl (C=O) groups is 2. The first-order valence-corrected chi connectivity index (χ1v) is 8.34. The van der Waals surface area contributed by atoms with Crippen molar-refractivity contribution >= 4 is 11.9 Å². The second kappa shape index (κ2) is 9.46. The Kier molecular flexibility index (Phi) is 7.02. The first-order chi connectivity index (χ1) is 12.5. The van der Waals surface area contributed by atoms with Crippen LogP contribution in [0.5, 0.6) is 11.5 Å². The second-order valence-electron chi connectivity index (χ2n) is 5.58. The Morgan fingerprint density at radius 3 is 2.54 bits per heavy atom. The molecular weight excluding hydrogens is 334 g/mol. The van der Waals surface area contributed by atoms with E-state index in [-0.39, 0.29) is 12.5 Å². The third-order valence-corrected chi connectivity index (χ3v) is 3.77. The van der Waals surface area contributed by atoms with Gasteiger partial charge in [-0.2, -0.15) is 0 Å². The van der Waals surface area contributed by atoms with E-state index >= 15 is 0 Å². The number of hydrogen-bond donors (Lipinski definition) is 1. The highest BCUT2D eigenvalue weighted by molar-refractivity contribution is 5.92. The van der Waals surface area contributed by atoms with E-state index in [2.05, 4.69) is 5.32 Å². The average Bonchev–Trinajstić information content (AvgIpc) is 2.65. The molecule has 0 aromatic heterocycles. The first-order valence-electron chi connectivity index (χ1n) is 8.34. The zero-order chi connectivity index (χ0) is 18.9. The van der Waals surface area contributed by atoms with Crippen molar-refractivity contribution < 1.29 is 23.8 Å². The molecule has 138 valence electrons. The molecule has 0 atom stereocenters. The Labute approximate surface area is 153 Å². The molecule has 6 nitrogen and oxygen atoms in total. The zero-order valence-electron chi connectivity index (χ0n) is 15.2. The molecule has 2 rings (SSSR count). The molecule has 0 saturated carbocycles. The van der Waals surface area contributed by atoms with Crippen LogP contribution in [0.1, 0.15) is 28.4 Å². The zero-order valence-corrected chi connectivity index (χ0v) is 15.2. The minimum atomic E-state index is -0.598. The number of ether oxygens (including phenoxy) is 3. The van der Waals surface area contributed by atoms with Crippen LogP contribution in [0.3, 0.4) is 0 Å². The Bertz CT molecular complexity index is 773. The predicted octanol–water partition coefficient (Wildman–Crippen LogP) is 2.88. The lowest BCUT2D eigenvalue weighted by atomic mass is 10.1. The van der Waals surface area contributed by atoms with Gasteiger partial charge in [-0.05, 0) is 43.2 Å². The molecule has 0 fully saturated rings. The Balaban J connectivity index is 1.88. The summed E-state index contributed by atoms with van der Waals surface area (Å²) in [4.78, 5) is 24.0. The standard InChI is InChI=1S/C20H23NO5/c1-4-25-18-11-15(9-10-17(18)24-3)20(23)26-13-19(22)21-12-16-8-6-5-7-14(16)2/h5-11H,4,12-13H2,1-3H3,(H,21,22). The number of benzene rings is 2. The summed E-state index contributed by atoms with van der Waals surface area (Å²) in [6.07, 6.45) is 0. The van der Waals surface area contributed by atoms with Crippen LogP contribution in [0.4, 0.5) is 0 Å². The van der Waals surface area contributed by atoms with Crippen molar-refractivity contribution in [3.05, 3.63) is 59.2 Å². The van der Waals surface area contributed by atoms with Gasteiger partial charge < -0.3 is 19.5 Å². The van der Waals surface area contributed by atoms with Gasteiger partial charge >= 0.3 is 5.97 Å². The molecule has 0 heterocycles. The largest absolute Gasteiger partial charge is 0.493 e. The molecule has 0 unspecified atom stereocenters. The average molecular weight is 357 g/mol.